The Kier molecular flexibility index (Phi) is 8.76. The average Bonchev–Trinajstić information content (AvgIpc) is 3.60. The minimum atomic E-state index is 0.271. The molecule has 0 N–H and O–H groups in total. The van der Waals surface area contributed by atoms with E-state index in [1.807, 2.05) is 0 Å². The quantitative estimate of drug-likeness (QED) is 0.156. The van der Waals surface area contributed by atoms with Crippen molar-refractivity contribution in [3.05, 3.63) is 192 Å². The van der Waals surface area contributed by atoms with Crippen molar-refractivity contribution in [3.8, 4) is 11.1 Å². The first-order valence-corrected chi connectivity index (χ1v) is 20.3. The van der Waals surface area contributed by atoms with E-state index in [1.165, 1.54) is 67.8 Å². The number of anilines is 3. The Morgan fingerprint density at radius 1 is 0.574 bits per heavy atom. The molecule has 4 unspecified atom stereocenters. The molecule has 1 heterocycles. The van der Waals surface area contributed by atoms with E-state index in [9.17, 15) is 0 Å². The average molecular weight is 701 g/mol. The van der Waals surface area contributed by atoms with Crippen molar-refractivity contribution in [2.45, 2.75) is 69.4 Å². The SMILES string of the molecule is C1=CCCC(c2ccc(N(c3ccc(-c4ccccc4)cc3)C3C=CC(C4=CCCC=C4N4c5ccc6ccccc6c5C5CCC=CC54)CC3)cc2)=C1. The summed E-state index contributed by atoms with van der Waals surface area (Å²) in [7, 11) is 0. The van der Waals surface area contributed by atoms with Crippen LogP contribution in [0, 0.1) is 5.92 Å². The summed E-state index contributed by atoms with van der Waals surface area (Å²) in [6, 6.07) is 43.7. The fourth-order valence-corrected chi connectivity index (χ4v) is 9.93. The van der Waals surface area contributed by atoms with Crippen molar-refractivity contribution in [1.82, 2.24) is 0 Å². The number of benzene rings is 5. The van der Waals surface area contributed by atoms with Crippen molar-refractivity contribution < 1.29 is 0 Å². The third-order valence-electron chi connectivity index (χ3n) is 12.5. The van der Waals surface area contributed by atoms with Crippen LogP contribution in [0.1, 0.15) is 68.4 Å². The van der Waals surface area contributed by atoms with E-state index in [0.29, 0.717) is 17.9 Å². The lowest BCUT2D eigenvalue weighted by molar-refractivity contribution is 0.537. The van der Waals surface area contributed by atoms with Crippen LogP contribution in [0.3, 0.4) is 0 Å². The maximum absolute atomic E-state index is 2.73. The van der Waals surface area contributed by atoms with Gasteiger partial charge in [0.05, 0.1) is 12.1 Å². The summed E-state index contributed by atoms with van der Waals surface area (Å²) in [6.45, 7) is 0. The van der Waals surface area contributed by atoms with Crippen LogP contribution < -0.4 is 9.80 Å². The van der Waals surface area contributed by atoms with Gasteiger partial charge in [-0.2, -0.15) is 0 Å². The predicted octanol–water partition coefficient (Wildman–Crippen LogP) is 13.6. The highest BCUT2D eigenvalue weighted by Gasteiger charge is 2.42. The number of hydrogen-bond acceptors (Lipinski definition) is 2. The Balaban J connectivity index is 0.970. The number of hydrogen-bond donors (Lipinski definition) is 0. The molecule has 0 bridgehead atoms. The second kappa shape index (κ2) is 14.3. The van der Waals surface area contributed by atoms with Gasteiger partial charge in [-0.15, -0.1) is 0 Å². The second-order valence-corrected chi connectivity index (χ2v) is 15.6. The van der Waals surface area contributed by atoms with Crippen LogP contribution in [0.4, 0.5) is 17.1 Å². The van der Waals surface area contributed by atoms with Gasteiger partial charge in [0.1, 0.15) is 0 Å². The molecule has 266 valence electrons. The van der Waals surface area contributed by atoms with Gasteiger partial charge in [-0.1, -0.05) is 140 Å². The van der Waals surface area contributed by atoms with E-state index in [1.54, 1.807) is 5.56 Å². The van der Waals surface area contributed by atoms with E-state index in [0.717, 1.165) is 44.9 Å². The molecule has 0 fully saturated rings. The summed E-state index contributed by atoms with van der Waals surface area (Å²) in [5.74, 6) is 0.935. The molecule has 2 heteroatoms. The van der Waals surface area contributed by atoms with Gasteiger partial charge >= 0.3 is 0 Å². The first-order chi connectivity index (χ1) is 26.8. The fraction of sp³-hybridized carbons (Fsp3) is 0.231. The Bertz CT molecular complexity index is 2350. The van der Waals surface area contributed by atoms with Crippen molar-refractivity contribution in [2.24, 2.45) is 5.92 Å². The van der Waals surface area contributed by atoms with E-state index < -0.39 is 0 Å². The fourth-order valence-electron chi connectivity index (χ4n) is 9.93. The smallest absolute Gasteiger partial charge is 0.0592 e. The molecule has 10 rings (SSSR count). The summed E-state index contributed by atoms with van der Waals surface area (Å²) >= 11 is 0. The standard InChI is InChI=1S/C52H48N2/c1-3-13-37(14-4-1)39-23-30-43(31-24-39)53(44-32-25-40(26-33-44)38-15-5-2-6-16-38)45-34-27-42(28-35-45)46-18-9-11-21-49(46)54-50-22-12-10-20-48(50)52-47-19-8-7-17-41(47)29-36-51(52)54/h1-5,7-8,12-15,17-19,21-27,29-34,36,42,45,48,50H,6,9-11,16,20,28,35H2. The van der Waals surface area contributed by atoms with Gasteiger partial charge in [-0.25, -0.2) is 0 Å². The van der Waals surface area contributed by atoms with Gasteiger partial charge in [0, 0.05) is 34.6 Å². The van der Waals surface area contributed by atoms with E-state index in [4.69, 9.17) is 0 Å². The van der Waals surface area contributed by atoms with Gasteiger partial charge in [-0.3, -0.25) is 0 Å². The second-order valence-electron chi connectivity index (χ2n) is 15.6. The number of allylic oxidation sites excluding steroid dienone is 9. The zero-order valence-corrected chi connectivity index (χ0v) is 31.0. The van der Waals surface area contributed by atoms with Gasteiger partial charge in [0.2, 0.25) is 0 Å². The molecule has 2 nitrogen and oxygen atoms in total. The zero-order valence-electron chi connectivity index (χ0n) is 31.0. The monoisotopic (exact) mass is 700 g/mol. The Labute approximate surface area is 320 Å². The normalized spacial score (nSPS) is 23.0. The molecule has 0 saturated heterocycles. The molecule has 0 saturated carbocycles. The number of fused-ring (bicyclic) bond motifs is 5. The summed E-state index contributed by atoms with van der Waals surface area (Å²) in [5.41, 5.74) is 13.7. The topological polar surface area (TPSA) is 6.48 Å². The van der Waals surface area contributed by atoms with Crippen molar-refractivity contribution in [2.75, 3.05) is 9.80 Å². The molecule has 5 aromatic carbocycles. The molecule has 0 spiro atoms. The van der Waals surface area contributed by atoms with Crippen LogP contribution in [0.15, 0.2) is 181 Å². The summed E-state index contributed by atoms with van der Waals surface area (Å²) < 4.78 is 0. The molecule has 5 aromatic rings. The van der Waals surface area contributed by atoms with Crippen molar-refractivity contribution >= 4 is 33.4 Å². The van der Waals surface area contributed by atoms with Crippen molar-refractivity contribution in [3.63, 3.8) is 0 Å². The van der Waals surface area contributed by atoms with Crippen LogP contribution in [-0.4, -0.2) is 12.1 Å². The molecule has 0 aromatic heterocycles. The van der Waals surface area contributed by atoms with Crippen LogP contribution >= 0.6 is 0 Å². The first kappa shape index (κ1) is 33.0. The minimum Gasteiger partial charge on any atom is -0.335 e. The zero-order chi connectivity index (χ0) is 35.8. The van der Waals surface area contributed by atoms with Crippen LogP contribution in [0.25, 0.3) is 27.5 Å². The van der Waals surface area contributed by atoms with Crippen molar-refractivity contribution in [1.29, 1.82) is 0 Å². The molecular weight excluding hydrogens is 653 g/mol. The molecule has 4 atom stereocenters. The summed E-state index contributed by atoms with van der Waals surface area (Å²) in [4.78, 5) is 5.30. The van der Waals surface area contributed by atoms with E-state index >= 15 is 0 Å². The minimum absolute atomic E-state index is 0.271. The first-order valence-electron chi connectivity index (χ1n) is 20.3. The van der Waals surface area contributed by atoms with Crippen LogP contribution in [0.2, 0.25) is 0 Å². The maximum Gasteiger partial charge on any atom is 0.0592 e. The molecule has 0 amide bonds. The van der Waals surface area contributed by atoms with Gasteiger partial charge in [0.25, 0.3) is 0 Å². The molecule has 5 aliphatic rings. The molecule has 1 aliphatic heterocycles. The van der Waals surface area contributed by atoms with Gasteiger partial charge < -0.3 is 9.80 Å². The van der Waals surface area contributed by atoms with E-state index in [2.05, 4.69) is 180 Å². The van der Waals surface area contributed by atoms with E-state index in [-0.39, 0.29) is 6.04 Å². The summed E-state index contributed by atoms with van der Waals surface area (Å²) in [6.07, 6.45) is 30.9. The Morgan fingerprint density at radius 3 is 2.11 bits per heavy atom. The molecule has 0 radical (unpaired) electrons. The Morgan fingerprint density at radius 2 is 1.33 bits per heavy atom. The lowest BCUT2D eigenvalue weighted by Gasteiger charge is -2.39. The summed E-state index contributed by atoms with van der Waals surface area (Å²) in [5, 5.41) is 2.79. The molecular formula is C52H48N2. The lowest BCUT2D eigenvalue weighted by Crippen LogP contribution is -2.36. The van der Waals surface area contributed by atoms with Gasteiger partial charge in [0.15, 0.2) is 0 Å². The predicted molar refractivity (Wildman–Crippen MR) is 229 cm³/mol. The third kappa shape index (κ3) is 5.99. The third-order valence-corrected chi connectivity index (χ3v) is 12.5. The highest BCUT2D eigenvalue weighted by atomic mass is 15.2. The van der Waals surface area contributed by atoms with Crippen LogP contribution in [0.5, 0.6) is 0 Å². The Hall–Kier alpha value is -5.60. The maximum atomic E-state index is 2.73. The lowest BCUT2D eigenvalue weighted by atomic mass is 9.81. The van der Waals surface area contributed by atoms with Gasteiger partial charge in [-0.05, 0) is 126 Å². The highest BCUT2D eigenvalue weighted by molar-refractivity contribution is 5.94. The molecule has 54 heavy (non-hydrogen) atoms. The highest BCUT2D eigenvalue weighted by Crippen LogP contribution is 2.52. The number of nitrogens with zero attached hydrogens (tertiary/aromatic N) is 2. The number of rotatable bonds is 7. The molecule has 4 aliphatic carbocycles. The largest absolute Gasteiger partial charge is 0.335 e. The van der Waals surface area contributed by atoms with Crippen LogP contribution in [-0.2, 0) is 0 Å².